The molecule has 0 saturated carbocycles. The highest BCUT2D eigenvalue weighted by Crippen LogP contribution is 2.17. The van der Waals surface area contributed by atoms with Crippen molar-refractivity contribution >= 4 is 11.6 Å². The molecular weight excluding hydrogens is 263 g/mol. The lowest BCUT2D eigenvalue weighted by atomic mass is 10.1. The summed E-state index contributed by atoms with van der Waals surface area (Å²) in [5.41, 5.74) is 1.17. The third-order valence-electron chi connectivity index (χ3n) is 2.38. The fraction of sp³-hybridized carbons (Fsp3) is 0.143. The summed E-state index contributed by atoms with van der Waals surface area (Å²) in [6.07, 6.45) is 0. The van der Waals surface area contributed by atoms with Crippen LogP contribution >= 0.6 is 0 Å². The van der Waals surface area contributed by atoms with Crippen molar-refractivity contribution in [3.8, 4) is 11.8 Å². The maximum atomic E-state index is 13.2. The van der Waals surface area contributed by atoms with Crippen LogP contribution in [0.5, 0.6) is 0 Å². The first-order valence-electron chi connectivity index (χ1n) is 5.74. The maximum Gasteiger partial charge on any atom is 0.294 e. The van der Waals surface area contributed by atoms with Gasteiger partial charge in [-0.1, -0.05) is 17.0 Å². The number of aromatic nitrogens is 1. The van der Waals surface area contributed by atoms with E-state index in [0.717, 1.165) is 0 Å². The third-order valence-corrected chi connectivity index (χ3v) is 2.38. The summed E-state index contributed by atoms with van der Waals surface area (Å²) in [5.74, 6) is 4.02. The molecule has 0 spiro atoms. The molecule has 1 aromatic carbocycles. The number of rotatable bonds is 2. The highest BCUT2D eigenvalue weighted by Gasteiger charge is 2.13. The molecule has 0 fully saturated rings. The lowest BCUT2D eigenvalue weighted by Gasteiger charge is -2.05. The van der Waals surface area contributed by atoms with E-state index in [0.29, 0.717) is 11.4 Å². The van der Waals surface area contributed by atoms with Crippen molar-refractivity contribution in [3.63, 3.8) is 0 Å². The molecule has 1 aromatic heterocycles. The smallest absolute Gasteiger partial charge is 0.294 e. The molecule has 0 aliphatic heterocycles. The largest absolute Gasteiger partial charge is 0.384 e. The Labute approximate surface area is 114 Å². The molecule has 0 atom stereocenters. The highest BCUT2D eigenvalue weighted by atomic mass is 19.1. The number of anilines is 1. The van der Waals surface area contributed by atoms with Crippen LogP contribution in [0.3, 0.4) is 0 Å². The van der Waals surface area contributed by atoms with Crippen molar-refractivity contribution < 1.29 is 18.8 Å². The maximum absolute atomic E-state index is 13.2. The number of amides is 1. The van der Waals surface area contributed by atoms with Crippen LogP contribution in [0.1, 0.15) is 21.8 Å². The van der Waals surface area contributed by atoms with Crippen molar-refractivity contribution in [3.05, 3.63) is 47.1 Å². The van der Waals surface area contributed by atoms with E-state index in [1.54, 1.807) is 6.92 Å². The molecule has 0 aliphatic rings. The number of nitrogens with zero attached hydrogens (tertiary/aromatic N) is 1. The van der Waals surface area contributed by atoms with Gasteiger partial charge in [0.15, 0.2) is 0 Å². The zero-order chi connectivity index (χ0) is 14.5. The Hall–Kier alpha value is -2.65. The minimum absolute atomic E-state index is 0.0490. The summed E-state index contributed by atoms with van der Waals surface area (Å²) in [6, 6.07) is 5.24. The first-order valence-corrected chi connectivity index (χ1v) is 5.74. The molecule has 102 valence electrons. The number of carbonyl (C=O) groups excluding carboxylic acids is 1. The van der Waals surface area contributed by atoms with E-state index in [9.17, 15) is 9.18 Å². The number of hydrogen-bond donors (Lipinski definition) is 2. The van der Waals surface area contributed by atoms with Crippen LogP contribution in [0.15, 0.2) is 28.8 Å². The van der Waals surface area contributed by atoms with E-state index < -0.39 is 11.7 Å². The molecule has 5 nitrogen and oxygen atoms in total. The van der Waals surface area contributed by atoms with Gasteiger partial charge in [0.2, 0.25) is 5.76 Å². The van der Waals surface area contributed by atoms with Gasteiger partial charge in [-0.05, 0) is 25.1 Å². The van der Waals surface area contributed by atoms with Crippen molar-refractivity contribution in [1.29, 1.82) is 0 Å². The topological polar surface area (TPSA) is 75.4 Å². The van der Waals surface area contributed by atoms with Gasteiger partial charge in [-0.15, -0.1) is 0 Å². The number of hydrogen-bond acceptors (Lipinski definition) is 4. The zero-order valence-electron chi connectivity index (χ0n) is 10.6. The van der Waals surface area contributed by atoms with Gasteiger partial charge in [-0.25, -0.2) is 4.39 Å². The van der Waals surface area contributed by atoms with Crippen LogP contribution in [0.4, 0.5) is 10.1 Å². The van der Waals surface area contributed by atoms with Gasteiger partial charge in [-0.3, -0.25) is 4.79 Å². The number of halogens is 1. The van der Waals surface area contributed by atoms with E-state index >= 15 is 0 Å². The molecule has 0 unspecified atom stereocenters. The minimum Gasteiger partial charge on any atom is -0.384 e. The molecular formula is C14H11FN2O3. The van der Waals surface area contributed by atoms with Crippen molar-refractivity contribution in [1.82, 2.24) is 5.16 Å². The molecule has 1 amide bonds. The Balaban J connectivity index is 2.26. The quantitative estimate of drug-likeness (QED) is 0.818. The summed E-state index contributed by atoms with van der Waals surface area (Å²) in [7, 11) is 0. The number of aliphatic hydroxyl groups is 1. The monoisotopic (exact) mass is 274 g/mol. The van der Waals surface area contributed by atoms with E-state index in [2.05, 4.69) is 22.3 Å². The van der Waals surface area contributed by atoms with Gasteiger partial charge >= 0.3 is 0 Å². The van der Waals surface area contributed by atoms with Crippen LogP contribution in [-0.2, 0) is 0 Å². The Kier molecular flexibility index (Phi) is 4.13. The molecule has 0 saturated heterocycles. The summed E-state index contributed by atoms with van der Waals surface area (Å²) < 4.78 is 18.0. The number of nitrogens with one attached hydrogen (secondary N) is 1. The van der Waals surface area contributed by atoms with Crippen molar-refractivity contribution in [2.75, 3.05) is 11.9 Å². The Bertz CT molecular complexity index is 698. The van der Waals surface area contributed by atoms with Crippen LogP contribution in [0.2, 0.25) is 0 Å². The summed E-state index contributed by atoms with van der Waals surface area (Å²) in [6.45, 7) is 1.33. The van der Waals surface area contributed by atoms with E-state index in [4.69, 9.17) is 9.63 Å². The number of aryl methyl sites for hydroxylation is 1. The summed E-state index contributed by atoms with van der Waals surface area (Å²) >= 11 is 0. The molecule has 6 heteroatoms. The lowest BCUT2D eigenvalue weighted by molar-refractivity contribution is 0.0988. The van der Waals surface area contributed by atoms with E-state index in [1.807, 2.05) is 0 Å². The second kappa shape index (κ2) is 5.99. The second-order valence-corrected chi connectivity index (χ2v) is 3.94. The molecule has 0 aliphatic carbocycles. The van der Waals surface area contributed by atoms with Gasteiger partial charge in [0.1, 0.15) is 12.4 Å². The average Bonchev–Trinajstić information content (AvgIpc) is 2.85. The molecule has 20 heavy (non-hydrogen) atoms. The average molecular weight is 274 g/mol. The fourth-order valence-corrected chi connectivity index (χ4v) is 1.52. The van der Waals surface area contributed by atoms with Crippen LogP contribution in [-0.4, -0.2) is 22.8 Å². The van der Waals surface area contributed by atoms with Crippen molar-refractivity contribution in [2.24, 2.45) is 0 Å². The predicted molar refractivity (Wildman–Crippen MR) is 69.6 cm³/mol. The zero-order valence-corrected chi connectivity index (χ0v) is 10.6. The van der Waals surface area contributed by atoms with E-state index in [1.165, 1.54) is 24.3 Å². The second-order valence-electron chi connectivity index (χ2n) is 3.94. The normalized spacial score (nSPS) is 9.75. The highest BCUT2D eigenvalue weighted by molar-refractivity contribution is 6.03. The lowest BCUT2D eigenvalue weighted by Crippen LogP contribution is -2.12. The SMILES string of the molecule is Cc1cc(C(=O)Nc2ccc(F)cc2C#CCO)on1. The molecule has 0 radical (unpaired) electrons. The predicted octanol–water partition coefficient (Wildman–Crippen LogP) is 1.72. The Morgan fingerprint density at radius 3 is 2.95 bits per heavy atom. The van der Waals surface area contributed by atoms with Gasteiger partial charge in [0, 0.05) is 6.07 Å². The Morgan fingerprint density at radius 2 is 2.30 bits per heavy atom. The van der Waals surface area contributed by atoms with Crippen molar-refractivity contribution in [2.45, 2.75) is 6.92 Å². The van der Waals surface area contributed by atoms with Crippen LogP contribution < -0.4 is 5.32 Å². The number of benzene rings is 1. The minimum atomic E-state index is -0.510. The summed E-state index contributed by atoms with van der Waals surface area (Å²) in [5, 5.41) is 14.8. The molecule has 2 aromatic rings. The van der Waals surface area contributed by atoms with Crippen LogP contribution in [0, 0.1) is 24.6 Å². The van der Waals surface area contributed by atoms with Gasteiger partial charge in [-0.2, -0.15) is 0 Å². The summed E-state index contributed by atoms with van der Waals surface area (Å²) in [4.78, 5) is 11.9. The number of aliphatic hydroxyl groups excluding tert-OH is 1. The third kappa shape index (κ3) is 3.22. The number of carbonyl (C=O) groups is 1. The molecule has 2 N–H and O–H groups in total. The van der Waals surface area contributed by atoms with Gasteiger partial charge < -0.3 is 14.9 Å². The fourth-order valence-electron chi connectivity index (χ4n) is 1.52. The first kappa shape index (κ1) is 13.8. The Morgan fingerprint density at radius 1 is 1.50 bits per heavy atom. The first-order chi connectivity index (χ1) is 9.60. The van der Waals surface area contributed by atoms with Crippen LogP contribution in [0.25, 0.3) is 0 Å². The molecule has 1 heterocycles. The molecule has 2 rings (SSSR count). The van der Waals surface area contributed by atoms with Gasteiger partial charge in [0.05, 0.1) is 16.9 Å². The molecule has 0 bridgehead atoms. The van der Waals surface area contributed by atoms with Gasteiger partial charge in [0.25, 0.3) is 5.91 Å². The standard InChI is InChI=1S/C14H11FN2O3/c1-9-7-13(20-17-9)14(19)16-12-5-4-11(15)8-10(12)3-2-6-18/h4-5,7-8,18H,6H2,1H3,(H,16,19). The van der Waals surface area contributed by atoms with E-state index in [-0.39, 0.29) is 17.9 Å².